The number of rotatable bonds is 2. The molecule has 0 unspecified atom stereocenters. The van der Waals surface area contributed by atoms with Gasteiger partial charge in [-0.05, 0) is 13.8 Å². The summed E-state index contributed by atoms with van der Waals surface area (Å²) in [5, 5.41) is 8.37. The van der Waals surface area contributed by atoms with Gasteiger partial charge in [-0.2, -0.15) is 0 Å². The zero-order valence-electron chi connectivity index (χ0n) is 8.19. The first-order chi connectivity index (χ1) is 6.43. The summed E-state index contributed by atoms with van der Waals surface area (Å²) >= 11 is 1.69. The van der Waals surface area contributed by atoms with Crippen molar-refractivity contribution >= 4 is 23.6 Å². The van der Waals surface area contributed by atoms with Gasteiger partial charge in [0.1, 0.15) is 0 Å². The van der Waals surface area contributed by atoms with Gasteiger partial charge in [-0.25, -0.2) is 4.79 Å². The minimum Gasteiger partial charge on any atom is -0.478 e. The van der Waals surface area contributed by atoms with E-state index in [1.54, 1.807) is 16.7 Å². The summed E-state index contributed by atoms with van der Waals surface area (Å²) in [6, 6.07) is 0. The Bertz CT molecular complexity index is 286. The molecular weight excluding hydrogens is 202 g/mol. The lowest BCUT2D eigenvalue weighted by Gasteiger charge is -2.29. The third-order valence-corrected chi connectivity index (χ3v) is 3.37. The van der Waals surface area contributed by atoms with Gasteiger partial charge in [0.05, 0.1) is 4.87 Å². The van der Waals surface area contributed by atoms with Gasteiger partial charge >= 0.3 is 5.97 Å². The highest BCUT2D eigenvalue weighted by atomic mass is 32.2. The van der Waals surface area contributed by atoms with Crippen LogP contribution in [0.4, 0.5) is 0 Å². The molecule has 78 valence electrons. The summed E-state index contributed by atoms with van der Waals surface area (Å²) in [7, 11) is 0. The molecule has 14 heavy (non-hydrogen) atoms. The van der Waals surface area contributed by atoms with Gasteiger partial charge in [0.15, 0.2) is 0 Å². The molecular formula is C9H13NO3S. The Morgan fingerprint density at radius 3 is 2.50 bits per heavy atom. The van der Waals surface area contributed by atoms with Crippen LogP contribution >= 0.6 is 11.8 Å². The molecule has 0 saturated carbocycles. The molecule has 1 fully saturated rings. The molecule has 0 atom stereocenters. The standard InChI is InChI=1S/C9H13NO3S/c1-9(2)10(5-6-14-9)7(11)3-4-8(12)13/h3-4H,5-6H2,1-2H3,(H,12,13). The van der Waals surface area contributed by atoms with Gasteiger partial charge in [-0.15, -0.1) is 11.8 Å². The number of hydrogen-bond donors (Lipinski definition) is 1. The fraction of sp³-hybridized carbons (Fsp3) is 0.556. The summed E-state index contributed by atoms with van der Waals surface area (Å²) in [6.07, 6.45) is 1.98. The second-order valence-corrected chi connectivity index (χ2v) is 5.15. The van der Waals surface area contributed by atoms with Crippen LogP contribution in [0.5, 0.6) is 0 Å². The molecule has 1 aliphatic heterocycles. The van der Waals surface area contributed by atoms with Gasteiger partial charge in [-0.1, -0.05) is 0 Å². The van der Waals surface area contributed by atoms with Gasteiger partial charge in [0, 0.05) is 24.4 Å². The Morgan fingerprint density at radius 1 is 1.43 bits per heavy atom. The van der Waals surface area contributed by atoms with Gasteiger partial charge < -0.3 is 10.0 Å². The van der Waals surface area contributed by atoms with E-state index < -0.39 is 5.97 Å². The monoisotopic (exact) mass is 215 g/mol. The van der Waals surface area contributed by atoms with Crippen molar-refractivity contribution in [3.8, 4) is 0 Å². The maximum atomic E-state index is 11.5. The van der Waals surface area contributed by atoms with Crippen LogP contribution in [-0.2, 0) is 9.59 Å². The van der Waals surface area contributed by atoms with E-state index in [2.05, 4.69) is 0 Å². The minimum absolute atomic E-state index is 0.222. The van der Waals surface area contributed by atoms with Gasteiger partial charge in [-0.3, -0.25) is 4.79 Å². The second-order valence-electron chi connectivity index (χ2n) is 3.46. The first-order valence-corrected chi connectivity index (χ1v) is 5.28. The Hall–Kier alpha value is -0.970. The quantitative estimate of drug-likeness (QED) is 0.696. The average Bonchev–Trinajstić information content (AvgIpc) is 2.41. The van der Waals surface area contributed by atoms with Crippen LogP contribution in [0.15, 0.2) is 12.2 Å². The van der Waals surface area contributed by atoms with Crippen LogP contribution in [0.25, 0.3) is 0 Å². The van der Waals surface area contributed by atoms with Crippen LogP contribution in [0.1, 0.15) is 13.8 Å². The van der Waals surface area contributed by atoms with Crippen molar-refractivity contribution in [2.24, 2.45) is 0 Å². The zero-order valence-corrected chi connectivity index (χ0v) is 9.00. The lowest BCUT2D eigenvalue weighted by atomic mass is 10.3. The maximum absolute atomic E-state index is 11.5. The first-order valence-electron chi connectivity index (χ1n) is 4.30. The van der Waals surface area contributed by atoms with Crippen molar-refractivity contribution in [2.75, 3.05) is 12.3 Å². The number of amides is 1. The van der Waals surface area contributed by atoms with E-state index in [0.29, 0.717) is 6.54 Å². The van der Waals surface area contributed by atoms with E-state index in [4.69, 9.17) is 5.11 Å². The highest BCUT2D eigenvalue weighted by Gasteiger charge is 2.34. The van der Waals surface area contributed by atoms with Crippen LogP contribution in [0.2, 0.25) is 0 Å². The summed E-state index contributed by atoms with van der Waals surface area (Å²) in [5.41, 5.74) is 0. The molecule has 5 heteroatoms. The van der Waals surface area contributed by atoms with Gasteiger partial charge in [0.2, 0.25) is 5.91 Å². The number of nitrogens with zero attached hydrogens (tertiary/aromatic N) is 1. The lowest BCUT2D eigenvalue weighted by molar-refractivity contribution is -0.132. The summed E-state index contributed by atoms with van der Waals surface area (Å²) < 4.78 is 0. The number of carboxylic acid groups (broad SMARTS) is 1. The number of carboxylic acids is 1. The lowest BCUT2D eigenvalue weighted by Crippen LogP contribution is -2.40. The molecule has 0 aromatic heterocycles. The SMILES string of the molecule is CC1(C)SCCN1C(=O)C=CC(=O)O. The van der Waals surface area contributed by atoms with Crippen molar-refractivity contribution in [1.29, 1.82) is 0 Å². The molecule has 1 aliphatic rings. The number of carbonyl (C=O) groups excluding carboxylic acids is 1. The van der Waals surface area contributed by atoms with Crippen LogP contribution < -0.4 is 0 Å². The molecule has 4 nitrogen and oxygen atoms in total. The van der Waals surface area contributed by atoms with Crippen molar-refractivity contribution in [2.45, 2.75) is 18.7 Å². The predicted octanol–water partition coefficient (Wildman–Crippen LogP) is 0.939. The smallest absolute Gasteiger partial charge is 0.328 e. The molecule has 0 aromatic rings. The maximum Gasteiger partial charge on any atom is 0.328 e. The van der Waals surface area contributed by atoms with E-state index in [1.807, 2.05) is 13.8 Å². The fourth-order valence-corrected chi connectivity index (χ4v) is 2.45. The fourth-order valence-electron chi connectivity index (χ4n) is 1.34. The normalized spacial score (nSPS) is 20.3. The van der Waals surface area contributed by atoms with Gasteiger partial charge in [0.25, 0.3) is 0 Å². The largest absolute Gasteiger partial charge is 0.478 e. The van der Waals surface area contributed by atoms with E-state index in [1.165, 1.54) is 0 Å². The molecule has 0 bridgehead atoms. The highest BCUT2D eigenvalue weighted by Crippen LogP contribution is 2.34. The van der Waals surface area contributed by atoms with E-state index in [0.717, 1.165) is 17.9 Å². The summed E-state index contributed by atoms with van der Waals surface area (Å²) in [5.74, 6) is -0.426. The van der Waals surface area contributed by atoms with E-state index >= 15 is 0 Å². The van der Waals surface area contributed by atoms with Crippen molar-refractivity contribution in [3.05, 3.63) is 12.2 Å². The predicted molar refractivity (Wildman–Crippen MR) is 55.0 cm³/mol. The Balaban J connectivity index is 2.66. The summed E-state index contributed by atoms with van der Waals surface area (Å²) in [4.78, 5) is 23.2. The highest BCUT2D eigenvalue weighted by molar-refractivity contribution is 8.00. The van der Waals surface area contributed by atoms with Crippen LogP contribution in [0.3, 0.4) is 0 Å². The Kier molecular flexibility index (Phi) is 3.21. The number of carbonyl (C=O) groups is 2. The van der Waals surface area contributed by atoms with E-state index in [-0.39, 0.29) is 10.8 Å². The minimum atomic E-state index is -1.09. The topological polar surface area (TPSA) is 57.6 Å². The molecule has 1 rings (SSSR count). The Morgan fingerprint density at radius 2 is 2.07 bits per heavy atom. The molecule has 0 radical (unpaired) electrons. The number of hydrogen-bond acceptors (Lipinski definition) is 3. The molecule has 1 N–H and O–H groups in total. The third-order valence-electron chi connectivity index (χ3n) is 2.05. The molecule has 1 heterocycles. The number of aliphatic carboxylic acids is 1. The van der Waals surface area contributed by atoms with Crippen molar-refractivity contribution in [1.82, 2.24) is 4.90 Å². The third kappa shape index (κ3) is 2.51. The zero-order chi connectivity index (χ0) is 10.8. The summed E-state index contributed by atoms with van der Waals surface area (Å²) in [6.45, 7) is 4.59. The van der Waals surface area contributed by atoms with Crippen molar-refractivity contribution < 1.29 is 14.7 Å². The average molecular weight is 215 g/mol. The first kappa shape index (κ1) is 11.1. The molecule has 0 aliphatic carbocycles. The molecule has 1 saturated heterocycles. The molecule has 1 amide bonds. The van der Waals surface area contributed by atoms with Crippen LogP contribution in [0, 0.1) is 0 Å². The van der Waals surface area contributed by atoms with Crippen molar-refractivity contribution in [3.63, 3.8) is 0 Å². The Labute approximate surface area is 87.0 Å². The molecule has 0 spiro atoms. The van der Waals surface area contributed by atoms with E-state index in [9.17, 15) is 9.59 Å². The number of thioether (sulfide) groups is 1. The molecule has 0 aromatic carbocycles. The van der Waals surface area contributed by atoms with Crippen LogP contribution in [-0.4, -0.2) is 39.1 Å². The second kappa shape index (κ2) is 4.04.